The Labute approximate surface area is 116 Å². The number of aromatic nitrogens is 1. The van der Waals surface area contributed by atoms with Crippen LogP contribution >= 0.6 is 0 Å². The van der Waals surface area contributed by atoms with Crippen molar-refractivity contribution in [1.29, 1.82) is 0 Å². The number of carbonyl (C=O) groups is 2. The molecule has 0 unspecified atom stereocenters. The minimum absolute atomic E-state index is 0.118. The first-order valence-corrected chi connectivity index (χ1v) is 6.20. The maximum Gasteiger partial charge on any atom is 0.379 e. The minimum atomic E-state index is -0.973. The Hall–Kier alpha value is -2.56. The van der Waals surface area contributed by atoms with Crippen molar-refractivity contribution in [2.75, 3.05) is 6.61 Å². The van der Waals surface area contributed by atoms with Gasteiger partial charge >= 0.3 is 5.97 Å². The quantitative estimate of drug-likeness (QED) is 0.401. The molecule has 2 aromatic rings. The molecule has 104 valence electrons. The number of esters is 1. The van der Waals surface area contributed by atoms with Crippen molar-refractivity contribution in [3.05, 3.63) is 42.1 Å². The minimum Gasteiger partial charge on any atom is -0.507 e. The zero-order valence-electron chi connectivity index (χ0n) is 11.3. The molecule has 1 aromatic heterocycles. The number of para-hydroxylation sites is 1. The molecule has 0 amide bonds. The van der Waals surface area contributed by atoms with Gasteiger partial charge in [0, 0.05) is 35.8 Å². The maximum atomic E-state index is 11.5. The number of benzene rings is 1. The molecular weight excluding hydrogens is 258 g/mol. The van der Waals surface area contributed by atoms with Gasteiger partial charge in [0.05, 0.1) is 6.61 Å². The number of hydrogen-bond acceptors (Lipinski definition) is 4. The molecule has 0 saturated heterocycles. The predicted molar refractivity (Wildman–Crippen MR) is 75.2 cm³/mol. The topological polar surface area (TPSA) is 68.5 Å². The molecule has 5 heteroatoms. The molecule has 0 spiro atoms. The first-order valence-electron chi connectivity index (χ1n) is 6.20. The summed E-state index contributed by atoms with van der Waals surface area (Å²) in [6, 6.07) is 7.46. The molecule has 1 aromatic carbocycles. The molecule has 2 rings (SSSR count). The molecule has 1 heterocycles. The van der Waals surface area contributed by atoms with Crippen LogP contribution in [0.1, 0.15) is 12.5 Å². The number of aryl methyl sites for hydroxylation is 1. The second-order valence-corrected chi connectivity index (χ2v) is 4.29. The summed E-state index contributed by atoms with van der Waals surface area (Å²) in [6.07, 6.45) is 2.59. The zero-order chi connectivity index (χ0) is 14.7. The Morgan fingerprint density at radius 1 is 1.35 bits per heavy atom. The van der Waals surface area contributed by atoms with E-state index >= 15 is 0 Å². The third-order valence-electron chi connectivity index (χ3n) is 2.92. The second-order valence-electron chi connectivity index (χ2n) is 4.29. The molecule has 20 heavy (non-hydrogen) atoms. The Kier molecular flexibility index (Phi) is 3.89. The Bertz CT molecular complexity index is 697. The van der Waals surface area contributed by atoms with E-state index in [1.165, 1.54) is 0 Å². The van der Waals surface area contributed by atoms with Crippen molar-refractivity contribution in [2.45, 2.75) is 6.92 Å². The third kappa shape index (κ3) is 2.56. The Morgan fingerprint density at radius 2 is 2.05 bits per heavy atom. The van der Waals surface area contributed by atoms with E-state index in [1.807, 2.05) is 35.9 Å². The van der Waals surface area contributed by atoms with Gasteiger partial charge in [-0.3, -0.25) is 4.79 Å². The van der Waals surface area contributed by atoms with Crippen LogP contribution in [0.25, 0.3) is 16.7 Å². The van der Waals surface area contributed by atoms with E-state index in [9.17, 15) is 14.7 Å². The van der Waals surface area contributed by atoms with E-state index in [0.29, 0.717) is 5.56 Å². The first kappa shape index (κ1) is 13.9. The van der Waals surface area contributed by atoms with Crippen molar-refractivity contribution < 1.29 is 19.4 Å². The van der Waals surface area contributed by atoms with Crippen LogP contribution < -0.4 is 0 Å². The summed E-state index contributed by atoms with van der Waals surface area (Å²) < 4.78 is 6.42. The number of aliphatic hydroxyl groups is 1. The average molecular weight is 273 g/mol. The molecule has 0 bridgehead atoms. The summed E-state index contributed by atoms with van der Waals surface area (Å²) in [6.45, 7) is 1.73. The SMILES string of the molecule is CCOC(=O)C(=O)C=C(O)c1cn(C)c2ccccc12. The molecule has 0 aliphatic carbocycles. The lowest BCUT2D eigenvalue weighted by Gasteiger charge is -1.99. The summed E-state index contributed by atoms with van der Waals surface area (Å²) in [4.78, 5) is 22.8. The average Bonchev–Trinajstić information content (AvgIpc) is 2.77. The van der Waals surface area contributed by atoms with E-state index in [0.717, 1.165) is 17.0 Å². The van der Waals surface area contributed by atoms with E-state index in [1.54, 1.807) is 13.1 Å². The van der Waals surface area contributed by atoms with Gasteiger partial charge in [-0.2, -0.15) is 0 Å². The lowest BCUT2D eigenvalue weighted by atomic mass is 10.1. The molecule has 0 fully saturated rings. The van der Waals surface area contributed by atoms with Gasteiger partial charge in [0.25, 0.3) is 5.78 Å². The van der Waals surface area contributed by atoms with Crippen molar-refractivity contribution in [3.8, 4) is 0 Å². The van der Waals surface area contributed by atoms with Gasteiger partial charge in [0.1, 0.15) is 5.76 Å². The number of hydrogen-bond donors (Lipinski definition) is 1. The van der Waals surface area contributed by atoms with Gasteiger partial charge in [-0.1, -0.05) is 18.2 Å². The normalized spacial score (nSPS) is 11.6. The van der Waals surface area contributed by atoms with Crippen LogP contribution in [-0.4, -0.2) is 28.0 Å². The standard InChI is InChI=1S/C15H15NO4/c1-3-20-15(19)14(18)8-13(17)11-9-16(2)12-7-5-4-6-10(11)12/h4-9,17H,3H2,1-2H3. The molecule has 0 atom stereocenters. The highest BCUT2D eigenvalue weighted by Crippen LogP contribution is 2.25. The molecule has 5 nitrogen and oxygen atoms in total. The smallest absolute Gasteiger partial charge is 0.379 e. The maximum absolute atomic E-state index is 11.5. The summed E-state index contributed by atoms with van der Waals surface area (Å²) in [5.74, 6) is -2.10. The van der Waals surface area contributed by atoms with E-state index < -0.39 is 11.8 Å². The fourth-order valence-electron chi connectivity index (χ4n) is 2.01. The lowest BCUT2D eigenvalue weighted by molar-refractivity contribution is -0.151. The zero-order valence-corrected chi connectivity index (χ0v) is 11.3. The van der Waals surface area contributed by atoms with E-state index in [-0.39, 0.29) is 12.4 Å². The van der Waals surface area contributed by atoms with E-state index in [4.69, 9.17) is 0 Å². The van der Waals surface area contributed by atoms with Crippen molar-refractivity contribution in [2.24, 2.45) is 7.05 Å². The number of fused-ring (bicyclic) bond motifs is 1. The molecule has 0 aliphatic heterocycles. The van der Waals surface area contributed by atoms with Crippen LogP contribution in [0, 0.1) is 0 Å². The lowest BCUT2D eigenvalue weighted by Crippen LogP contribution is -2.15. The highest BCUT2D eigenvalue weighted by atomic mass is 16.5. The van der Waals surface area contributed by atoms with Crippen LogP contribution in [0.5, 0.6) is 0 Å². The number of nitrogens with zero attached hydrogens (tertiary/aromatic N) is 1. The van der Waals surface area contributed by atoms with Crippen LogP contribution in [0.2, 0.25) is 0 Å². The first-order chi connectivity index (χ1) is 9.54. The molecule has 0 saturated carbocycles. The fourth-order valence-corrected chi connectivity index (χ4v) is 2.01. The summed E-state index contributed by atoms with van der Waals surface area (Å²) in [7, 11) is 1.84. The summed E-state index contributed by atoms with van der Waals surface area (Å²) in [5, 5.41) is 10.8. The second kappa shape index (κ2) is 5.61. The highest BCUT2D eigenvalue weighted by molar-refractivity contribution is 6.39. The van der Waals surface area contributed by atoms with E-state index in [2.05, 4.69) is 4.74 Å². The van der Waals surface area contributed by atoms with Crippen molar-refractivity contribution >= 4 is 28.4 Å². The van der Waals surface area contributed by atoms with Gasteiger partial charge < -0.3 is 14.4 Å². The predicted octanol–water partition coefficient (Wildman–Crippen LogP) is 2.21. The highest BCUT2D eigenvalue weighted by Gasteiger charge is 2.16. The number of carbonyl (C=O) groups excluding carboxylic acids is 2. The third-order valence-corrected chi connectivity index (χ3v) is 2.92. The van der Waals surface area contributed by atoms with Crippen LogP contribution in [0.4, 0.5) is 0 Å². The van der Waals surface area contributed by atoms with Gasteiger partial charge in [-0.25, -0.2) is 4.79 Å². The van der Waals surface area contributed by atoms with Gasteiger partial charge in [-0.05, 0) is 13.0 Å². The number of ether oxygens (including phenoxy) is 1. The summed E-state index contributed by atoms with van der Waals surface area (Å²) >= 11 is 0. The van der Waals surface area contributed by atoms with Crippen molar-refractivity contribution in [3.63, 3.8) is 0 Å². The Morgan fingerprint density at radius 3 is 2.75 bits per heavy atom. The number of aliphatic hydroxyl groups excluding tert-OH is 1. The monoisotopic (exact) mass is 273 g/mol. The van der Waals surface area contributed by atoms with Crippen molar-refractivity contribution in [1.82, 2.24) is 4.57 Å². The molecular formula is C15H15NO4. The number of rotatable bonds is 4. The largest absolute Gasteiger partial charge is 0.507 e. The molecule has 0 aliphatic rings. The van der Waals surface area contributed by atoms with Crippen LogP contribution in [-0.2, 0) is 21.4 Å². The number of ketones is 1. The Balaban J connectivity index is 2.39. The van der Waals surface area contributed by atoms with Gasteiger partial charge in [-0.15, -0.1) is 0 Å². The fraction of sp³-hybridized carbons (Fsp3) is 0.200. The molecule has 1 N–H and O–H groups in total. The van der Waals surface area contributed by atoms with Crippen LogP contribution in [0.3, 0.4) is 0 Å². The van der Waals surface area contributed by atoms with Gasteiger partial charge in [0.15, 0.2) is 0 Å². The molecule has 0 radical (unpaired) electrons. The van der Waals surface area contributed by atoms with Gasteiger partial charge in [0.2, 0.25) is 0 Å². The summed E-state index contributed by atoms with van der Waals surface area (Å²) in [5.41, 5.74) is 1.42. The van der Waals surface area contributed by atoms with Crippen LogP contribution in [0.15, 0.2) is 36.5 Å².